The Balaban J connectivity index is 2.37. The molecule has 0 bridgehead atoms. The number of rotatable bonds is 5. The van der Waals surface area contributed by atoms with Crippen molar-refractivity contribution in [2.75, 3.05) is 24.7 Å². The molecule has 6 nitrogen and oxygen atoms in total. The number of benzene rings is 1. The molecule has 1 aromatic rings. The number of carbonyl (C=O) groups is 1. The molecule has 8 heteroatoms. The molecule has 0 aliphatic rings. The highest BCUT2D eigenvalue weighted by Crippen LogP contribution is 2.19. The van der Waals surface area contributed by atoms with Crippen LogP contribution in [0.4, 0.5) is 10.5 Å². The number of hydrogen-bond acceptors (Lipinski definition) is 3. The van der Waals surface area contributed by atoms with Gasteiger partial charge in [-0.05, 0) is 24.6 Å². The molecule has 1 aromatic carbocycles. The van der Waals surface area contributed by atoms with E-state index in [0.717, 1.165) is 11.8 Å². The van der Waals surface area contributed by atoms with Gasteiger partial charge in [0.05, 0.1) is 6.26 Å². The molecule has 0 heterocycles. The standard InChI is InChI=1S/C11H16ClN3O3S/c1-8-3-4-9(7-10(8)12)15-11(16)13-5-6-14-19(2,17)18/h3-4,7,14H,5-6H2,1-2H3,(H2,13,15,16). The van der Waals surface area contributed by atoms with E-state index < -0.39 is 16.1 Å². The van der Waals surface area contributed by atoms with Crippen molar-refractivity contribution in [3.63, 3.8) is 0 Å². The summed E-state index contributed by atoms with van der Waals surface area (Å²) >= 11 is 5.93. The SMILES string of the molecule is Cc1ccc(NC(=O)NCCNS(C)(=O)=O)cc1Cl. The van der Waals surface area contributed by atoms with Crippen molar-refractivity contribution in [1.82, 2.24) is 10.0 Å². The Labute approximate surface area is 117 Å². The van der Waals surface area contributed by atoms with Crippen molar-refractivity contribution < 1.29 is 13.2 Å². The Morgan fingerprint density at radius 3 is 2.58 bits per heavy atom. The Hall–Kier alpha value is -1.31. The molecule has 0 aromatic heterocycles. The molecule has 0 radical (unpaired) electrons. The van der Waals surface area contributed by atoms with Crippen molar-refractivity contribution in [3.8, 4) is 0 Å². The van der Waals surface area contributed by atoms with E-state index in [1.54, 1.807) is 18.2 Å². The molecule has 0 fully saturated rings. The zero-order valence-corrected chi connectivity index (χ0v) is 12.2. The normalized spacial score (nSPS) is 11.1. The van der Waals surface area contributed by atoms with Crippen LogP contribution in [0.3, 0.4) is 0 Å². The summed E-state index contributed by atoms with van der Waals surface area (Å²) in [5.74, 6) is 0. The first kappa shape index (κ1) is 15.7. The summed E-state index contributed by atoms with van der Waals surface area (Å²) < 4.78 is 23.8. The lowest BCUT2D eigenvalue weighted by atomic mass is 10.2. The summed E-state index contributed by atoms with van der Waals surface area (Å²) in [6.07, 6.45) is 1.06. The van der Waals surface area contributed by atoms with E-state index >= 15 is 0 Å². The maximum Gasteiger partial charge on any atom is 0.319 e. The number of hydrogen-bond donors (Lipinski definition) is 3. The van der Waals surface area contributed by atoms with Gasteiger partial charge < -0.3 is 10.6 Å². The van der Waals surface area contributed by atoms with Gasteiger partial charge in [-0.15, -0.1) is 0 Å². The summed E-state index contributed by atoms with van der Waals surface area (Å²) in [6.45, 7) is 2.20. The average Bonchev–Trinajstić information content (AvgIpc) is 2.28. The summed E-state index contributed by atoms with van der Waals surface area (Å²) in [5, 5.41) is 5.68. The predicted molar refractivity (Wildman–Crippen MR) is 76.1 cm³/mol. The number of amides is 2. The number of halogens is 1. The third kappa shape index (κ3) is 6.42. The van der Waals surface area contributed by atoms with E-state index in [4.69, 9.17) is 11.6 Å². The van der Waals surface area contributed by atoms with Crippen LogP contribution >= 0.6 is 11.6 Å². The molecule has 0 spiro atoms. The number of sulfonamides is 1. The second-order valence-corrected chi connectivity index (χ2v) is 6.25. The maximum absolute atomic E-state index is 11.5. The molecule has 1 rings (SSSR count). The number of urea groups is 1. The molecule has 2 amide bonds. The first-order valence-electron chi connectivity index (χ1n) is 5.53. The van der Waals surface area contributed by atoms with Gasteiger partial charge in [-0.2, -0.15) is 0 Å². The molecule has 106 valence electrons. The van der Waals surface area contributed by atoms with Gasteiger partial charge in [-0.1, -0.05) is 17.7 Å². The van der Waals surface area contributed by atoms with E-state index in [0.29, 0.717) is 10.7 Å². The first-order chi connectivity index (χ1) is 8.78. The van der Waals surface area contributed by atoms with Crippen molar-refractivity contribution >= 4 is 33.3 Å². The summed E-state index contributed by atoms with van der Waals surface area (Å²) in [4.78, 5) is 11.5. The van der Waals surface area contributed by atoms with Crippen LogP contribution in [0, 0.1) is 6.92 Å². The van der Waals surface area contributed by atoms with Crippen LogP contribution in [0.25, 0.3) is 0 Å². The molecule has 0 aliphatic carbocycles. The lowest BCUT2D eigenvalue weighted by Crippen LogP contribution is -2.36. The summed E-state index contributed by atoms with van der Waals surface area (Å²) in [5.41, 5.74) is 1.49. The minimum atomic E-state index is -3.23. The molecule has 0 saturated heterocycles. The number of aryl methyl sites for hydroxylation is 1. The molecular weight excluding hydrogens is 290 g/mol. The minimum Gasteiger partial charge on any atom is -0.337 e. The summed E-state index contributed by atoms with van der Waals surface area (Å²) in [7, 11) is -3.23. The molecule has 19 heavy (non-hydrogen) atoms. The van der Waals surface area contributed by atoms with E-state index in [2.05, 4.69) is 15.4 Å². The average molecular weight is 306 g/mol. The molecular formula is C11H16ClN3O3S. The van der Waals surface area contributed by atoms with E-state index in [9.17, 15) is 13.2 Å². The number of nitrogens with one attached hydrogen (secondary N) is 3. The van der Waals surface area contributed by atoms with Gasteiger partial charge in [0.15, 0.2) is 0 Å². The Morgan fingerprint density at radius 2 is 2.00 bits per heavy atom. The fourth-order valence-electron chi connectivity index (χ4n) is 1.26. The van der Waals surface area contributed by atoms with E-state index in [1.807, 2.05) is 6.92 Å². The van der Waals surface area contributed by atoms with Crippen molar-refractivity contribution in [3.05, 3.63) is 28.8 Å². The summed E-state index contributed by atoms with van der Waals surface area (Å²) in [6, 6.07) is 4.75. The van der Waals surface area contributed by atoms with E-state index in [-0.39, 0.29) is 13.1 Å². The van der Waals surface area contributed by atoms with Gasteiger partial charge in [0.1, 0.15) is 0 Å². The largest absolute Gasteiger partial charge is 0.337 e. The van der Waals surface area contributed by atoms with Crippen LogP contribution in [0.5, 0.6) is 0 Å². The van der Waals surface area contributed by atoms with Crippen LogP contribution in [0.1, 0.15) is 5.56 Å². The topological polar surface area (TPSA) is 87.3 Å². The van der Waals surface area contributed by atoms with Crippen LogP contribution in [0.2, 0.25) is 5.02 Å². The van der Waals surface area contributed by atoms with Gasteiger partial charge in [-0.3, -0.25) is 0 Å². The Kier molecular flexibility index (Phi) is 5.59. The minimum absolute atomic E-state index is 0.140. The van der Waals surface area contributed by atoms with Crippen molar-refractivity contribution in [2.24, 2.45) is 0 Å². The van der Waals surface area contributed by atoms with Crippen molar-refractivity contribution in [2.45, 2.75) is 6.92 Å². The quantitative estimate of drug-likeness (QED) is 0.717. The second kappa shape index (κ2) is 6.74. The smallest absolute Gasteiger partial charge is 0.319 e. The Bertz CT molecular complexity index is 560. The monoisotopic (exact) mass is 305 g/mol. The highest BCUT2D eigenvalue weighted by atomic mass is 35.5. The van der Waals surface area contributed by atoms with Gasteiger partial charge in [0, 0.05) is 23.8 Å². The highest BCUT2D eigenvalue weighted by molar-refractivity contribution is 7.88. The van der Waals surface area contributed by atoms with Crippen LogP contribution in [0.15, 0.2) is 18.2 Å². The molecule has 3 N–H and O–H groups in total. The van der Waals surface area contributed by atoms with Crippen molar-refractivity contribution in [1.29, 1.82) is 0 Å². The second-order valence-electron chi connectivity index (χ2n) is 4.01. The Morgan fingerprint density at radius 1 is 1.32 bits per heavy atom. The maximum atomic E-state index is 11.5. The first-order valence-corrected chi connectivity index (χ1v) is 7.80. The third-order valence-corrected chi connectivity index (χ3v) is 3.34. The molecule has 0 atom stereocenters. The number of carbonyl (C=O) groups excluding carboxylic acids is 1. The zero-order chi connectivity index (χ0) is 14.5. The lowest BCUT2D eigenvalue weighted by Gasteiger charge is -2.08. The fraction of sp³-hybridized carbons (Fsp3) is 0.364. The predicted octanol–water partition coefficient (Wildman–Crippen LogP) is 1.32. The van der Waals surface area contributed by atoms with Gasteiger partial charge in [0.2, 0.25) is 10.0 Å². The van der Waals surface area contributed by atoms with Gasteiger partial charge in [0.25, 0.3) is 0 Å². The van der Waals surface area contributed by atoms with Crippen LogP contribution in [-0.4, -0.2) is 33.8 Å². The number of anilines is 1. The fourth-order valence-corrected chi connectivity index (χ4v) is 1.91. The molecule has 0 unspecified atom stereocenters. The molecule has 0 aliphatic heterocycles. The van der Waals surface area contributed by atoms with Crippen LogP contribution in [-0.2, 0) is 10.0 Å². The zero-order valence-electron chi connectivity index (χ0n) is 10.7. The van der Waals surface area contributed by atoms with E-state index in [1.165, 1.54) is 0 Å². The third-order valence-electron chi connectivity index (χ3n) is 2.20. The van der Waals surface area contributed by atoms with Gasteiger partial charge in [-0.25, -0.2) is 17.9 Å². The highest BCUT2D eigenvalue weighted by Gasteiger charge is 2.04. The molecule has 0 saturated carbocycles. The van der Waals surface area contributed by atoms with Gasteiger partial charge >= 0.3 is 6.03 Å². The lowest BCUT2D eigenvalue weighted by molar-refractivity contribution is 0.252. The van der Waals surface area contributed by atoms with Crippen LogP contribution < -0.4 is 15.4 Å².